The van der Waals surface area contributed by atoms with Crippen LogP contribution in [0.1, 0.15) is 25.1 Å². The first-order valence-corrected chi connectivity index (χ1v) is 10.1. The third kappa shape index (κ3) is 3.23. The minimum Gasteiger partial charge on any atom is -0.334 e. The molecule has 1 fully saturated rings. The highest BCUT2D eigenvalue weighted by molar-refractivity contribution is 7.91. The van der Waals surface area contributed by atoms with Crippen molar-refractivity contribution in [1.29, 1.82) is 0 Å². The monoisotopic (exact) mass is 341 g/mol. The lowest BCUT2D eigenvalue weighted by molar-refractivity contribution is 0.230. The predicted octanol–water partition coefficient (Wildman–Crippen LogP) is 2.20. The molecule has 2 aromatic heterocycles. The molecule has 1 aliphatic rings. The number of nitrogens with zero attached hydrogens (tertiary/aromatic N) is 3. The number of hydrogen-bond acceptors (Lipinski definition) is 7. The lowest BCUT2D eigenvalue weighted by Gasteiger charge is -2.27. The van der Waals surface area contributed by atoms with Crippen LogP contribution in [0.25, 0.3) is 11.5 Å². The number of aromatic nitrogens is 2. The molecule has 0 saturated heterocycles. The van der Waals surface area contributed by atoms with Gasteiger partial charge in [0.15, 0.2) is 15.7 Å². The minimum atomic E-state index is -3.02. The lowest BCUT2D eigenvalue weighted by atomic mass is 10.2. The molecule has 2 heterocycles. The van der Waals surface area contributed by atoms with Crippen LogP contribution >= 0.6 is 11.3 Å². The van der Waals surface area contributed by atoms with Gasteiger partial charge >= 0.3 is 0 Å². The number of rotatable bonds is 5. The molecule has 1 aliphatic carbocycles. The summed E-state index contributed by atoms with van der Waals surface area (Å²) in [6.07, 6.45) is 3.90. The molecule has 0 spiro atoms. The van der Waals surface area contributed by atoms with Crippen molar-refractivity contribution in [3.8, 4) is 11.5 Å². The van der Waals surface area contributed by atoms with E-state index in [1.54, 1.807) is 11.3 Å². The Kier molecular flexibility index (Phi) is 4.33. The van der Waals surface area contributed by atoms with E-state index in [1.807, 2.05) is 28.8 Å². The van der Waals surface area contributed by atoms with E-state index in [9.17, 15) is 8.42 Å². The van der Waals surface area contributed by atoms with E-state index < -0.39 is 9.84 Å². The van der Waals surface area contributed by atoms with Gasteiger partial charge in [-0.05, 0) is 31.3 Å². The van der Waals surface area contributed by atoms with Gasteiger partial charge in [-0.3, -0.25) is 4.90 Å². The van der Waals surface area contributed by atoms with Crippen LogP contribution in [0.5, 0.6) is 0 Å². The molecule has 0 aromatic carbocycles. The van der Waals surface area contributed by atoms with E-state index in [2.05, 4.69) is 10.1 Å². The van der Waals surface area contributed by atoms with Gasteiger partial charge < -0.3 is 4.52 Å². The van der Waals surface area contributed by atoms with Gasteiger partial charge in [-0.15, -0.1) is 0 Å². The van der Waals surface area contributed by atoms with Crippen LogP contribution in [0.2, 0.25) is 0 Å². The smallest absolute Gasteiger partial charge is 0.258 e. The average molecular weight is 341 g/mol. The third-order valence-corrected chi connectivity index (χ3v) is 6.49. The van der Waals surface area contributed by atoms with Gasteiger partial charge in [0.2, 0.25) is 0 Å². The van der Waals surface area contributed by atoms with Crippen LogP contribution in [-0.2, 0) is 16.4 Å². The third-order valence-electron chi connectivity index (χ3n) is 4.16. The van der Waals surface area contributed by atoms with E-state index in [4.69, 9.17) is 4.52 Å². The molecule has 0 unspecified atom stereocenters. The first-order valence-electron chi connectivity index (χ1n) is 7.19. The predicted molar refractivity (Wildman–Crippen MR) is 85.3 cm³/mol. The molecule has 8 heteroatoms. The van der Waals surface area contributed by atoms with Crippen molar-refractivity contribution in [2.75, 3.05) is 13.3 Å². The summed E-state index contributed by atoms with van der Waals surface area (Å²) in [7, 11) is -1.10. The Morgan fingerprint density at radius 3 is 2.95 bits per heavy atom. The van der Waals surface area contributed by atoms with Gasteiger partial charge in [0.1, 0.15) is 0 Å². The van der Waals surface area contributed by atoms with Crippen molar-refractivity contribution in [3.63, 3.8) is 0 Å². The number of thiophene rings is 1. The van der Waals surface area contributed by atoms with Crippen LogP contribution in [0, 0.1) is 0 Å². The fraction of sp³-hybridized carbons (Fsp3) is 0.571. The van der Waals surface area contributed by atoms with Gasteiger partial charge in [-0.2, -0.15) is 16.3 Å². The topological polar surface area (TPSA) is 76.3 Å². The van der Waals surface area contributed by atoms with Crippen LogP contribution in [-0.4, -0.2) is 48.1 Å². The summed E-state index contributed by atoms with van der Waals surface area (Å²) in [6, 6.07) is 1.96. The Bertz CT molecular complexity index is 724. The Labute approximate surface area is 134 Å². The molecule has 120 valence electrons. The SMILES string of the molecule is CN(Cc1noc(-c2ccsc2)n1)[C@H]1CCC[C@@H]1S(C)(=O)=O. The lowest BCUT2D eigenvalue weighted by Crippen LogP contribution is -2.41. The zero-order valence-corrected chi connectivity index (χ0v) is 14.2. The first-order chi connectivity index (χ1) is 10.4. The van der Waals surface area contributed by atoms with Gasteiger partial charge in [0, 0.05) is 17.7 Å². The molecule has 1 saturated carbocycles. The maximum atomic E-state index is 11.9. The Balaban J connectivity index is 1.70. The van der Waals surface area contributed by atoms with Crippen molar-refractivity contribution < 1.29 is 12.9 Å². The number of sulfone groups is 1. The summed E-state index contributed by atoms with van der Waals surface area (Å²) in [6.45, 7) is 0.490. The summed E-state index contributed by atoms with van der Waals surface area (Å²) >= 11 is 1.58. The highest BCUT2D eigenvalue weighted by Crippen LogP contribution is 2.29. The second-order valence-electron chi connectivity index (χ2n) is 5.81. The highest BCUT2D eigenvalue weighted by Gasteiger charge is 2.37. The second-order valence-corrected chi connectivity index (χ2v) is 8.85. The molecule has 0 amide bonds. The molecular weight excluding hydrogens is 322 g/mol. The van der Waals surface area contributed by atoms with Crippen LogP contribution in [0.4, 0.5) is 0 Å². The minimum absolute atomic E-state index is 0.0260. The van der Waals surface area contributed by atoms with Gasteiger partial charge in [0.05, 0.1) is 17.4 Å². The van der Waals surface area contributed by atoms with Gasteiger partial charge in [0.25, 0.3) is 5.89 Å². The summed E-state index contributed by atoms with van der Waals surface area (Å²) in [4.78, 5) is 6.42. The summed E-state index contributed by atoms with van der Waals surface area (Å²) in [5.74, 6) is 1.10. The van der Waals surface area contributed by atoms with E-state index in [-0.39, 0.29) is 11.3 Å². The summed E-state index contributed by atoms with van der Waals surface area (Å²) < 4.78 is 29.0. The molecular formula is C14H19N3O3S2. The standard InChI is InChI=1S/C14H19N3O3S2/c1-17(11-4-3-5-12(11)22(2,18)19)8-13-15-14(20-16-13)10-6-7-21-9-10/h6-7,9,11-12H,3-5,8H2,1-2H3/t11-,12-/m0/s1. The molecule has 6 nitrogen and oxygen atoms in total. The second kappa shape index (κ2) is 6.10. The van der Waals surface area contributed by atoms with Gasteiger partial charge in [-0.1, -0.05) is 11.6 Å². The van der Waals surface area contributed by atoms with Gasteiger partial charge in [-0.25, -0.2) is 8.42 Å². The van der Waals surface area contributed by atoms with Crippen molar-refractivity contribution in [2.45, 2.75) is 37.1 Å². The maximum Gasteiger partial charge on any atom is 0.258 e. The first kappa shape index (κ1) is 15.6. The Hall–Kier alpha value is -1.25. The van der Waals surface area contributed by atoms with E-state index in [1.165, 1.54) is 6.26 Å². The Morgan fingerprint density at radius 1 is 1.45 bits per heavy atom. The van der Waals surface area contributed by atoms with Crippen LogP contribution in [0.3, 0.4) is 0 Å². The van der Waals surface area contributed by atoms with Crippen LogP contribution < -0.4 is 0 Å². The normalized spacial score (nSPS) is 22.5. The zero-order chi connectivity index (χ0) is 15.7. The van der Waals surface area contributed by atoms with Crippen molar-refractivity contribution in [2.24, 2.45) is 0 Å². The maximum absolute atomic E-state index is 11.9. The molecule has 2 aromatic rings. The fourth-order valence-corrected chi connectivity index (χ4v) is 5.21. The molecule has 2 atom stereocenters. The number of hydrogen-bond donors (Lipinski definition) is 0. The van der Waals surface area contributed by atoms with E-state index in [0.717, 1.165) is 24.8 Å². The van der Waals surface area contributed by atoms with Crippen molar-refractivity contribution in [3.05, 3.63) is 22.7 Å². The summed E-state index contributed by atoms with van der Waals surface area (Å²) in [5, 5.41) is 7.62. The van der Waals surface area contributed by atoms with Crippen LogP contribution in [0.15, 0.2) is 21.3 Å². The van der Waals surface area contributed by atoms with Crippen molar-refractivity contribution >= 4 is 21.2 Å². The molecule has 0 N–H and O–H groups in total. The largest absolute Gasteiger partial charge is 0.334 e. The Morgan fingerprint density at radius 2 is 2.27 bits per heavy atom. The average Bonchev–Trinajstić information content (AvgIpc) is 3.19. The zero-order valence-electron chi connectivity index (χ0n) is 12.6. The quantitative estimate of drug-likeness (QED) is 0.830. The highest BCUT2D eigenvalue weighted by atomic mass is 32.2. The van der Waals surface area contributed by atoms with E-state index in [0.29, 0.717) is 18.3 Å². The molecule has 0 aliphatic heterocycles. The molecule has 0 radical (unpaired) electrons. The van der Waals surface area contributed by atoms with E-state index >= 15 is 0 Å². The van der Waals surface area contributed by atoms with Crippen molar-refractivity contribution in [1.82, 2.24) is 15.0 Å². The summed E-state index contributed by atoms with van der Waals surface area (Å²) in [5.41, 5.74) is 0.918. The fourth-order valence-electron chi connectivity index (χ4n) is 3.07. The molecule has 22 heavy (non-hydrogen) atoms. The molecule has 3 rings (SSSR count). The molecule has 0 bridgehead atoms.